The van der Waals surface area contributed by atoms with E-state index in [2.05, 4.69) is 12.1 Å². The van der Waals surface area contributed by atoms with Gasteiger partial charge in [0.15, 0.2) is 0 Å². The van der Waals surface area contributed by atoms with Crippen molar-refractivity contribution in [3.8, 4) is 11.8 Å². The van der Waals surface area contributed by atoms with Crippen molar-refractivity contribution in [2.75, 3.05) is 7.11 Å². The van der Waals surface area contributed by atoms with Gasteiger partial charge in [0, 0.05) is 5.46 Å². The minimum atomic E-state index is -0.535. The molecule has 0 N–H and O–H groups in total. The summed E-state index contributed by atoms with van der Waals surface area (Å²) in [5.41, 5.74) is 1.65. The molecule has 3 rings (SSSR count). The van der Waals surface area contributed by atoms with E-state index in [1.54, 1.807) is 7.11 Å². The van der Waals surface area contributed by atoms with E-state index in [1.807, 2.05) is 33.8 Å². The van der Waals surface area contributed by atoms with Gasteiger partial charge in [-0.05, 0) is 58.1 Å². The van der Waals surface area contributed by atoms with Gasteiger partial charge in [-0.15, -0.1) is 0 Å². The molecule has 1 saturated carbocycles. The maximum Gasteiger partial charge on any atom is 0.496 e. The lowest BCUT2D eigenvalue weighted by Gasteiger charge is -2.32. The zero-order chi connectivity index (χ0) is 16.1. The highest BCUT2D eigenvalue weighted by Crippen LogP contribution is 2.42. The van der Waals surface area contributed by atoms with Crippen LogP contribution in [0.15, 0.2) is 12.1 Å². The molecule has 2 fully saturated rings. The van der Waals surface area contributed by atoms with Crippen molar-refractivity contribution in [3.05, 3.63) is 23.3 Å². The predicted octanol–water partition coefficient (Wildman–Crippen LogP) is 2.74. The quantitative estimate of drug-likeness (QED) is 0.805. The van der Waals surface area contributed by atoms with Gasteiger partial charge in [-0.1, -0.05) is 6.07 Å². The zero-order valence-corrected chi connectivity index (χ0v) is 13.9. The number of hydrogen-bond donors (Lipinski definition) is 0. The maximum absolute atomic E-state index is 9.55. The number of hydrogen-bond acceptors (Lipinski definition) is 4. The second kappa shape index (κ2) is 5.01. The lowest BCUT2D eigenvalue weighted by Crippen LogP contribution is -2.41. The van der Waals surface area contributed by atoms with Crippen LogP contribution in [0, 0.1) is 11.3 Å². The van der Waals surface area contributed by atoms with Gasteiger partial charge in [-0.3, -0.25) is 0 Å². The summed E-state index contributed by atoms with van der Waals surface area (Å²) in [6.45, 7) is 8.06. The first-order valence-corrected chi connectivity index (χ1v) is 7.76. The van der Waals surface area contributed by atoms with E-state index in [4.69, 9.17) is 14.0 Å². The van der Waals surface area contributed by atoms with E-state index >= 15 is 0 Å². The number of nitrogens with zero attached hydrogens (tertiary/aromatic N) is 1. The van der Waals surface area contributed by atoms with Crippen molar-refractivity contribution in [1.29, 1.82) is 5.26 Å². The Balaban J connectivity index is 2.06. The van der Waals surface area contributed by atoms with E-state index in [9.17, 15) is 5.26 Å². The summed E-state index contributed by atoms with van der Waals surface area (Å²) < 4.78 is 17.7. The molecule has 4 nitrogen and oxygen atoms in total. The Morgan fingerprint density at radius 2 is 1.77 bits per heavy atom. The van der Waals surface area contributed by atoms with Gasteiger partial charge in [0.25, 0.3) is 0 Å². The van der Waals surface area contributed by atoms with Crippen LogP contribution in [0.5, 0.6) is 5.75 Å². The van der Waals surface area contributed by atoms with E-state index in [-0.39, 0.29) is 0 Å². The maximum atomic E-state index is 9.55. The van der Waals surface area contributed by atoms with Crippen LogP contribution < -0.4 is 10.2 Å². The predicted molar refractivity (Wildman–Crippen MR) is 85.4 cm³/mol. The SMILES string of the molecule is COc1cc(C2CC2)cc(B2OC(C)(C)C(C)(C)O2)c1C#N. The number of benzene rings is 1. The fourth-order valence-corrected chi connectivity index (χ4v) is 2.75. The van der Waals surface area contributed by atoms with Crippen molar-refractivity contribution in [3.63, 3.8) is 0 Å². The average Bonchev–Trinajstić information content (AvgIpc) is 3.25. The molecule has 1 aliphatic heterocycles. The van der Waals surface area contributed by atoms with Gasteiger partial charge in [0.05, 0.1) is 23.9 Å². The normalized spacial score (nSPS) is 22.5. The third kappa shape index (κ3) is 2.41. The van der Waals surface area contributed by atoms with Crippen LogP contribution in [-0.2, 0) is 9.31 Å². The number of ether oxygens (including phenoxy) is 1. The Kier molecular flexibility index (Phi) is 3.50. The fourth-order valence-electron chi connectivity index (χ4n) is 2.75. The number of rotatable bonds is 3. The van der Waals surface area contributed by atoms with Crippen molar-refractivity contribution < 1.29 is 14.0 Å². The second-order valence-electron chi connectivity index (χ2n) is 7.16. The second-order valence-corrected chi connectivity index (χ2v) is 7.16. The van der Waals surface area contributed by atoms with Crippen LogP contribution in [0.1, 0.15) is 57.6 Å². The summed E-state index contributed by atoms with van der Waals surface area (Å²) in [5.74, 6) is 1.18. The first-order chi connectivity index (χ1) is 10.3. The van der Waals surface area contributed by atoms with Crippen LogP contribution in [-0.4, -0.2) is 25.4 Å². The summed E-state index contributed by atoms with van der Waals surface area (Å²) in [7, 11) is 1.06. The average molecular weight is 299 g/mol. The van der Waals surface area contributed by atoms with Gasteiger partial charge in [-0.25, -0.2) is 0 Å². The lowest BCUT2D eigenvalue weighted by molar-refractivity contribution is 0.00578. The minimum absolute atomic E-state index is 0.423. The van der Waals surface area contributed by atoms with Crippen LogP contribution in [0.3, 0.4) is 0 Å². The first-order valence-electron chi connectivity index (χ1n) is 7.76. The van der Waals surface area contributed by atoms with Gasteiger partial charge in [0.2, 0.25) is 0 Å². The Bertz CT molecular complexity index is 628. The molecule has 5 heteroatoms. The molecule has 0 unspecified atom stereocenters. The molecule has 116 valence electrons. The number of nitriles is 1. The summed E-state index contributed by atoms with van der Waals surface area (Å²) in [4.78, 5) is 0. The van der Waals surface area contributed by atoms with E-state index < -0.39 is 18.3 Å². The van der Waals surface area contributed by atoms with Crippen molar-refractivity contribution in [2.24, 2.45) is 0 Å². The van der Waals surface area contributed by atoms with Crippen molar-refractivity contribution in [1.82, 2.24) is 0 Å². The molecule has 0 spiro atoms. The molecule has 0 aromatic heterocycles. The van der Waals surface area contributed by atoms with Crippen LogP contribution >= 0.6 is 0 Å². The Labute approximate surface area is 132 Å². The topological polar surface area (TPSA) is 51.5 Å². The van der Waals surface area contributed by atoms with Crippen LogP contribution in [0.4, 0.5) is 0 Å². The lowest BCUT2D eigenvalue weighted by atomic mass is 9.74. The summed E-state index contributed by atoms with van der Waals surface area (Å²) in [6.07, 6.45) is 2.38. The molecule has 1 saturated heterocycles. The molecule has 2 aliphatic rings. The monoisotopic (exact) mass is 299 g/mol. The molecule has 1 aliphatic carbocycles. The standard InChI is InChI=1S/C17H22BNO3/c1-16(2)17(3,4)22-18(21-16)14-8-12(11-6-7-11)9-15(20-5)13(14)10-19/h8-9,11H,6-7H2,1-5H3. The highest BCUT2D eigenvalue weighted by Gasteiger charge is 2.52. The Hall–Kier alpha value is -1.51. The molecular weight excluding hydrogens is 277 g/mol. The van der Waals surface area contributed by atoms with Crippen LogP contribution in [0.25, 0.3) is 0 Å². The van der Waals surface area contributed by atoms with Crippen molar-refractivity contribution >= 4 is 12.6 Å². The third-order valence-electron chi connectivity index (χ3n) is 5.04. The first kappa shape index (κ1) is 15.4. The van der Waals surface area contributed by atoms with Gasteiger partial charge >= 0.3 is 7.12 Å². The molecule has 0 bridgehead atoms. The summed E-state index contributed by atoms with van der Waals surface area (Å²) in [6, 6.07) is 6.28. The van der Waals surface area contributed by atoms with Crippen LogP contribution in [0.2, 0.25) is 0 Å². The summed E-state index contributed by atoms with van der Waals surface area (Å²) in [5, 5.41) is 9.55. The largest absolute Gasteiger partial charge is 0.496 e. The Morgan fingerprint density at radius 1 is 1.18 bits per heavy atom. The zero-order valence-electron chi connectivity index (χ0n) is 13.9. The smallest absolute Gasteiger partial charge is 0.495 e. The highest BCUT2D eigenvalue weighted by atomic mass is 16.7. The van der Waals surface area contributed by atoms with Gasteiger partial charge in [-0.2, -0.15) is 5.26 Å². The highest BCUT2D eigenvalue weighted by molar-refractivity contribution is 6.63. The van der Waals surface area contributed by atoms with E-state index in [0.717, 1.165) is 5.46 Å². The van der Waals surface area contributed by atoms with E-state index in [1.165, 1.54) is 18.4 Å². The third-order valence-corrected chi connectivity index (χ3v) is 5.04. The number of methoxy groups -OCH3 is 1. The van der Waals surface area contributed by atoms with Gasteiger partial charge in [0.1, 0.15) is 11.8 Å². The molecule has 0 atom stereocenters. The summed E-state index contributed by atoms with van der Waals surface area (Å²) >= 11 is 0. The minimum Gasteiger partial charge on any atom is -0.495 e. The molecule has 1 aromatic rings. The van der Waals surface area contributed by atoms with Gasteiger partial charge < -0.3 is 14.0 Å². The molecule has 22 heavy (non-hydrogen) atoms. The Morgan fingerprint density at radius 3 is 2.23 bits per heavy atom. The van der Waals surface area contributed by atoms with E-state index in [0.29, 0.717) is 17.2 Å². The molecule has 1 heterocycles. The molecular formula is C17H22BNO3. The molecule has 1 aromatic carbocycles. The molecule has 0 radical (unpaired) electrons. The molecule has 0 amide bonds. The van der Waals surface area contributed by atoms with Crippen molar-refractivity contribution in [2.45, 2.75) is 57.7 Å². The fraction of sp³-hybridized carbons (Fsp3) is 0.588.